The van der Waals surface area contributed by atoms with Gasteiger partial charge >= 0.3 is 0 Å². The van der Waals surface area contributed by atoms with Gasteiger partial charge in [-0.3, -0.25) is 0 Å². The molecule has 0 bridgehead atoms. The first-order valence-electron chi connectivity index (χ1n) is 7.78. The molecule has 0 aromatic carbocycles. The van der Waals surface area contributed by atoms with Crippen molar-refractivity contribution in [2.45, 2.75) is 52.5 Å². The molecule has 4 nitrogen and oxygen atoms in total. The fourth-order valence-corrected chi connectivity index (χ4v) is 4.09. The number of nitrogens with zero attached hydrogens (tertiary/aromatic N) is 2. The number of anilines is 2. The van der Waals surface area contributed by atoms with Crippen molar-refractivity contribution in [2.75, 3.05) is 17.7 Å². The van der Waals surface area contributed by atoms with E-state index in [-0.39, 0.29) is 0 Å². The largest absolute Gasteiger partial charge is 0.366 e. The number of thiophene rings is 1. The third kappa shape index (κ3) is 2.71. The molecule has 0 amide bonds. The second-order valence-electron chi connectivity index (χ2n) is 6.51. The highest BCUT2D eigenvalue weighted by Crippen LogP contribution is 2.40. The Kier molecular flexibility index (Phi) is 3.78. The summed E-state index contributed by atoms with van der Waals surface area (Å²) in [6.07, 6.45) is 4.84. The average molecular weight is 304 g/mol. The van der Waals surface area contributed by atoms with Crippen LogP contribution in [0.3, 0.4) is 0 Å². The van der Waals surface area contributed by atoms with Gasteiger partial charge in [0, 0.05) is 18.0 Å². The van der Waals surface area contributed by atoms with Gasteiger partial charge < -0.3 is 10.6 Å². The Hall–Kier alpha value is -1.36. The van der Waals surface area contributed by atoms with Crippen LogP contribution in [-0.2, 0) is 6.42 Å². The van der Waals surface area contributed by atoms with Gasteiger partial charge in [-0.2, -0.15) is 4.98 Å². The third-order valence-corrected chi connectivity index (χ3v) is 5.76. The summed E-state index contributed by atoms with van der Waals surface area (Å²) in [6.45, 7) is 6.88. The molecule has 1 aliphatic rings. The molecule has 5 heteroatoms. The molecule has 1 fully saturated rings. The lowest BCUT2D eigenvalue weighted by molar-refractivity contribution is 0.349. The highest BCUT2D eigenvalue weighted by Gasteiger charge is 2.35. The molecule has 2 heterocycles. The summed E-state index contributed by atoms with van der Waals surface area (Å²) in [6, 6.07) is 2.73. The van der Waals surface area contributed by atoms with Gasteiger partial charge in [-0.1, -0.05) is 27.2 Å². The van der Waals surface area contributed by atoms with Crippen molar-refractivity contribution in [3.63, 3.8) is 0 Å². The van der Waals surface area contributed by atoms with Gasteiger partial charge in [0.2, 0.25) is 5.95 Å². The first kappa shape index (κ1) is 14.6. The van der Waals surface area contributed by atoms with Crippen LogP contribution in [0.1, 0.15) is 44.9 Å². The van der Waals surface area contributed by atoms with Gasteiger partial charge in [-0.15, -0.1) is 11.3 Å². The maximum absolute atomic E-state index is 4.67. The van der Waals surface area contributed by atoms with Gasteiger partial charge in [0.25, 0.3) is 0 Å². The van der Waals surface area contributed by atoms with Gasteiger partial charge in [0.15, 0.2) is 0 Å². The Balaban J connectivity index is 2.01. The van der Waals surface area contributed by atoms with E-state index in [1.807, 2.05) is 7.05 Å². The molecular weight excluding hydrogens is 280 g/mol. The second kappa shape index (κ2) is 5.44. The zero-order valence-electron chi connectivity index (χ0n) is 13.3. The monoisotopic (exact) mass is 304 g/mol. The van der Waals surface area contributed by atoms with Crippen LogP contribution in [-0.4, -0.2) is 23.1 Å². The van der Waals surface area contributed by atoms with Crippen LogP contribution in [0.4, 0.5) is 11.8 Å². The van der Waals surface area contributed by atoms with Crippen molar-refractivity contribution in [3.8, 4) is 0 Å². The van der Waals surface area contributed by atoms with Crippen LogP contribution in [0.25, 0.3) is 10.2 Å². The maximum atomic E-state index is 4.67. The fraction of sp³-hybridized carbons (Fsp3) is 0.625. The minimum Gasteiger partial charge on any atom is -0.366 e. The molecule has 0 radical (unpaired) electrons. The maximum Gasteiger partial charge on any atom is 0.225 e. The Morgan fingerprint density at radius 3 is 2.81 bits per heavy atom. The summed E-state index contributed by atoms with van der Waals surface area (Å²) in [5.41, 5.74) is 0.334. The molecule has 114 valence electrons. The first-order valence-corrected chi connectivity index (χ1v) is 8.60. The minimum atomic E-state index is 0.334. The summed E-state index contributed by atoms with van der Waals surface area (Å²) in [5.74, 6) is 1.69. The van der Waals surface area contributed by atoms with Crippen LogP contribution in [0.15, 0.2) is 6.07 Å². The highest BCUT2D eigenvalue weighted by atomic mass is 32.1. The standard InChI is InChI=1S/C16H24N4S/c1-5-10-9-11-13(18-12-7-6-8-16(12,2)3)19-15(17-4)20-14(11)21-10/h9,12H,5-8H2,1-4H3,(H2,17,18,19,20). The van der Waals surface area contributed by atoms with Gasteiger partial charge in [-0.05, 0) is 30.7 Å². The smallest absolute Gasteiger partial charge is 0.225 e. The number of aryl methyl sites for hydroxylation is 1. The summed E-state index contributed by atoms with van der Waals surface area (Å²) in [7, 11) is 1.87. The predicted molar refractivity (Wildman–Crippen MR) is 91.4 cm³/mol. The van der Waals surface area contributed by atoms with E-state index in [4.69, 9.17) is 0 Å². The first-order chi connectivity index (χ1) is 10.0. The van der Waals surface area contributed by atoms with E-state index in [1.54, 1.807) is 11.3 Å². The van der Waals surface area contributed by atoms with Crippen LogP contribution >= 0.6 is 11.3 Å². The minimum absolute atomic E-state index is 0.334. The van der Waals surface area contributed by atoms with E-state index in [9.17, 15) is 0 Å². The lowest BCUT2D eigenvalue weighted by Gasteiger charge is -2.28. The number of nitrogens with one attached hydrogen (secondary N) is 2. The molecule has 0 spiro atoms. The molecule has 3 rings (SSSR count). The van der Waals surface area contributed by atoms with Crippen LogP contribution in [0.5, 0.6) is 0 Å². The predicted octanol–water partition coefficient (Wildman–Crippen LogP) is 4.29. The van der Waals surface area contributed by atoms with E-state index >= 15 is 0 Å². The fourth-order valence-electron chi connectivity index (χ4n) is 3.13. The molecule has 2 N–H and O–H groups in total. The summed E-state index contributed by atoms with van der Waals surface area (Å²) in [5, 5.41) is 7.94. The third-order valence-electron chi connectivity index (χ3n) is 4.58. The normalized spacial score (nSPS) is 20.9. The lowest BCUT2D eigenvalue weighted by Crippen LogP contribution is -2.31. The van der Waals surface area contributed by atoms with E-state index in [0.717, 1.165) is 17.1 Å². The Morgan fingerprint density at radius 2 is 2.19 bits per heavy atom. The van der Waals surface area contributed by atoms with Crippen LogP contribution in [0, 0.1) is 5.41 Å². The Morgan fingerprint density at radius 1 is 1.38 bits per heavy atom. The van der Waals surface area contributed by atoms with Crippen molar-refractivity contribution in [1.82, 2.24) is 9.97 Å². The van der Waals surface area contributed by atoms with Gasteiger partial charge in [0.1, 0.15) is 10.6 Å². The zero-order valence-corrected chi connectivity index (χ0v) is 14.1. The highest BCUT2D eigenvalue weighted by molar-refractivity contribution is 7.18. The van der Waals surface area contributed by atoms with Crippen molar-refractivity contribution in [2.24, 2.45) is 5.41 Å². The van der Waals surface area contributed by atoms with Crippen LogP contribution in [0.2, 0.25) is 0 Å². The molecule has 2 aromatic rings. The lowest BCUT2D eigenvalue weighted by atomic mass is 9.87. The second-order valence-corrected chi connectivity index (χ2v) is 7.62. The van der Waals surface area contributed by atoms with Gasteiger partial charge in [0.05, 0.1) is 5.39 Å². The molecular formula is C16H24N4S. The molecule has 2 aromatic heterocycles. The zero-order chi connectivity index (χ0) is 15.0. The van der Waals surface area contributed by atoms with Gasteiger partial charge in [-0.25, -0.2) is 4.98 Å². The van der Waals surface area contributed by atoms with Crippen molar-refractivity contribution in [3.05, 3.63) is 10.9 Å². The molecule has 1 unspecified atom stereocenters. The molecule has 1 saturated carbocycles. The molecule has 1 atom stereocenters. The quantitative estimate of drug-likeness (QED) is 0.885. The molecule has 21 heavy (non-hydrogen) atoms. The number of hydrogen-bond acceptors (Lipinski definition) is 5. The van der Waals surface area contributed by atoms with E-state index < -0.39 is 0 Å². The molecule has 0 saturated heterocycles. The van der Waals surface area contributed by atoms with Crippen LogP contribution < -0.4 is 10.6 Å². The number of aromatic nitrogens is 2. The van der Waals surface area contributed by atoms with Crippen molar-refractivity contribution in [1.29, 1.82) is 0 Å². The summed E-state index contributed by atoms with van der Waals surface area (Å²) in [4.78, 5) is 11.7. The Bertz CT molecular complexity index is 647. The molecule has 1 aliphatic carbocycles. The number of hydrogen-bond donors (Lipinski definition) is 2. The van der Waals surface area contributed by atoms with Crippen molar-refractivity contribution >= 4 is 33.3 Å². The number of fused-ring (bicyclic) bond motifs is 1. The Labute approximate surface area is 130 Å². The summed E-state index contributed by atoms with van der Waals surface area (Å²) >= 11 is 1.77. The summed E-state index contributed by atoms with van der Waals surface area (Å²) < 4.78 is 0. The topological polar surface area (TPSA) is 49.8 Å². The number of rotatable bonds is 4. The van der Waals surface area contributed by atoms with E-state index in [1.165, 1.54) is 29.5 Å². The SMILES string of the molecule is CCc1cc2c(NC3CCCC3(C)C)nc(NC)nc2s1. The average Bonchev–Trinajstić information content (AvgIpc) is 3.02. The molecule has 0 aliphatic heterocycles. The van der Waals surface area contributed by atoms with E-state index in [2.05, 4.69) is 47.4 Å². The van der Waals surface area contributed by atoms with E-state index in [0.29, 0.717) is 17.4 Å². The van der Waals surface area contributed by atoms with Crippen molar-refractivity contribution < 1.29 is 0 Å².